The molecule has 1 aromatic rings. The van der Waals surface area contributed by atoms with Crippen molar-refractivity contribution in [2.75, 3.05) is 52.9 Å². The molecule has 4 amide bonds. The third kappa shape index (κ3) is 6.10. The van der Waals surface area contributed by atoms with Crippen LogP contribution < -0.4 is 10.6 Å². The van der Waals surface area contributed by atoms with Crippen molar-refractivity contribution < 1.29 is 32.3 Å². The predicted molar refractivity (Wildman–Crippen MR) is 126 cm³/mol. The van der Waals surface area contributed by atoms with E-state index in [-0.39, 0.29) is 36.0 Å². The summed E-state index contributed by atoms with van der Waals surface area (Å²) in [6.07, 6.45) is -4.02. The summed E-state index contributed by atoms with van der Waals surface area (Å²) < 4.78 is 46.7. The van der Waals surface area contributed by atoms with E-state index in [1.165, 1.54) is 30.1 Å². The van der Waals surface area contributed by atoms with Crippen molar-refractivity contribution >= 4 is 18.0 Å². The van der Waals surface area contributed by atoms with Crippen molar-refractivity contribution in [3.8, 4) is 0 Å². The van der Waals surface area contributed by atoms with Gasteiger partial charge in [-0.1, -0.05) is 18.2 Å². The Morgan fingerprint density at radius 1 is 1.14 bits per heavy atom. The van der Waals surface area contributed by atoms with Crippen molar-refractivity contribution in [3.05, 3.63) is 46.7 Å². The summed E-state index contributed by atoms with van der Waals surface area (Å²) in [6.45, 7) is 6.13. The summed E-state index contributed by atoms with van der Waals surface area (Å²) >= 11 is 0. The van der Waals surface area contributed by atoms with Crippen LogP contribution in [0.1, 0.15) is 37.4 Å². The maximum absolute atomic E-state index is 13.8. The molecule has 0 spiro atoms. The number of hydrogen-bond acceptors (Lipinski definition) is 5. The number of alkyl halides is 3. The number of esters is 1. The number of halogens is 3. The Hall–Kier alpha value is -3.28. The Morgan fingerprint density at radius 3 is 2.53 bits per heavy atom. The summed E-state index contributed by atoms with van der Waals surface area (Å²) in [5, 5.41) is 5.32. The fourth-order valence-corrected chi connectivity index (χ4v) is 4.45. The standard InChI is InChI=1S/C24H32F3N5O4/c1-4-28-22(34)32-12-8-11-31(13-14-32)15-18-19(21(33)36-5-2)20(29-23(35)30(18)3)16-9-6-7-10-17(16)24(25,26)27/h6-7,9-10,20H,4-5,8,11-15H2,1-3H3,(H,28,34)(H,29,35)/t20-/m0/s1. The molecule has 1 saturated heterocycles. The smallest absolute Gasteiger partial charge is 0.416 e. The fourth-order valence-electron chi connectivity index (χ4n) is 4.45. The van der Waals surface area contributed by atoms with Crippen molar-refractivity contribution in [1.29, 1.82) is 0 Å². The zero-order chi connectivity index (χ0) is 26.5. The topological polar surface area (TPSA) is 94.2 Å². The van der Waals surface area contributed by atoms with E-state index in [0.717, 1.165) is 6.07 Å². The summed E-state index contributed by atoms with van der Waals surface area (Å²) in [7, 11) is 1.47. The third-order valence-electron chi connectivity index (χ3n) is 6.23. The second-order valence-corrected chi connectivity index (χ2v) is 8.56. The van der Waals surface area contributed by atoms with Gasteiger partial charge < -0.3 is 20.3 Å². The van der Waals surface area contributed by atoms with Gasteiger partial charge in [0.25, 0.3) is 0 Å². The predicted octanol–water partition coefficient (Wildman–Crippen LogP) is 2.96. The van der Waals surface area contributed by atoms with Crippen LogP contribution in [0.25, 0.3) is 0 Å². The molecule has 2 heterocycles. The number of urea groups is 2. The van der Waals surface area contributed by atoms with E-state index in [1.54, 1.807) is 11.8 Å². The van der Waals surface area contributed by atoms with Crippen LogP contribution in [-0.4, -0.2) is 85.7 Å². The minimum atomic E-state index is -4.68. The number of ether oxygens (including phenoxy) is 1. The monoisotopic (exact) mass is 511 g/mol. The molecule has 2 aliphatic rings. The number of rotatable bonds is 6. The highest BCUT2D eigenvalue weighted by Gasteiger charge is 2.42. The first-order valence-electron chi connectivity index (χ1n) is 11.9. The lowest BCUT2D eigenvalue weighted by Gasteiger charge is -2.37. The van der Waals surface area contributed by atoms with Crippen LogP contribution in [0.15, 0.2) is 35.5 Å². The number of amides is 4. The first-order valence-corrected chi connectivity index (χ1v) is 11.9. The summed E-state index contributed by atoms with van der Waals surface area (Å²) in [5.41, 5.74) is -0.940. The lowest BCUT2D eigenvalue weighted by molar-refractivity contribution is -0.141. The van der Waals surface area contributed by atoms with E-state index in [1.807, 2.05) is 11.8 Å². The van der Waals surface area contributed by atoms with E-state index in [4.69, 9.17) is 4.74 Å². The van der Waals surface area contributed by atoms with Gasteiger partial charge in [-0.05, 0) is 31.9 Å². The molecule has 3 rings (SSSR count). The van der Waals surface area contributed by atoms with Gasteiger partial charge in [-0.15, -0.1) is 0 Å². The molecule has 1 aromatic carbocycles. The van der Waals surface area contributed by atoms with Crippen LogP contribution in [0.4, 0.5) is 22.8 Å². The van der Waals surface area contributed by atoms with E-state index in [9.17, 15) is 27.6 Å². The second kappa shape index (κ2) is 11.6. The minimum absolute atomic E-state index is 0.0200. The molecule has 2 N–H and O–H groups in total. The minimum Gasteiger partial charge on any atom is -0.463 e. The molecule has 0 unspecified atom stereocenters. The number of carbonyl (C=O) groups is 3. The summed E-state index contributed by atoms with van der Waals surface area (Å²) in [6, 6.07) is 2.75. The highest BCUT2D eigenvalue weighted by atomic mass is 19.4. The summed E-state index contributed by atoms with van der Waals surface area (Å²) in [5.74, 6) is -0.792. The number of nitrogens with one attached hydrogen (secondary N) is 2. The highest BCUT2D eigenvalue weighted by molar-refractivity contribution is 5.95. The van der Waals surface area contributed by atoms with E-state index >= 15 is 0 Å². The fraction of sp³-hybridized carbons (Fsp3) is 0.542. The molecule has 0 aliphatic carbocycles. The van der Waals surface area contributed by atoms with Crippen LogP contribution >= 0.6 is 0 Å². The van der Waals surface area contributed by atoms with E-state index in [0.29, 0.717) is 39.1 Å². The number of carbonyl (C=O) groups excluding carboxylic acids is 3. The van der Waals surface area contributed by atoms with Gasteiger partial charge in [0.1, 0.15) is 0 Å². The van der Waals surface area contributed by atoms with Gasteiger partial charge in [0.05, 0.1) is 23.8 Å². The first kappa shape index (κ1) is 27.3. The maximum atomic E-state index is 13.8. The average molecular weight is 512 g/mol. The van der Waals surface area contributed by atoms with Gasteiger partial charge >= 0.3 is 24.2 Å². The molecule has 2 aliphatic heterocycles. The molecule has 198 valence electrons. The van der Waals surface area contributed by atoms with Gasteiger partial charge in [0, 0.05) is 52.0 Å². The van der Waals surface area contributed by atoms with Crippen LogP contribution in [0.5, 0.6) is 0 Å². The lowest BCUT2D eigenvalue weighted by Crippen LogP contribution is -2.50. The highest BCUT2D eigenvalue weighted by Crippen LogP contribution is 2.39. The van der Waals surface area contributed by atoms with Crippen LogP contribution in [0.2, 0.25) is 0 Å². The van der Waals surface area contributed by atoms with Crippen molar-refractivity contribution in [3.63, 3.8) is 0 Å². The zero-order valence-corrected chi connectivity index (χ0v) is 20.7. The Labute approximate surface area is 208 Å². The van der Waals surface area contributed by atoms with Gasteiger partial charge in [-0.3, -0.25) is 9.80 Å². The molecule has 1 fully saturated rings. The van der Waals surface area contributed by atoms with Gasteiger partial charge in [0.15, 0.2) is 0 Å². The van der Waals surface area contributed by atoms with Crippen molar-refractivity contribution in [2.24, 2.45) is 0 Å². The van der Waals surface area contributed by atoms with Crippen molar-refractivity contribution in [2.45, 2.75) is 32.5 Å². The Bertz CT molecular complexity index is 1010. The van der Waals surface area contributed by atoms with Crippen LogP contribution in [-0.2, 0) is 15.7 Å². The zero-order valence-electron chi connectivity index (χ0n) is 20.7. The third-order valence-corrected chi connectivity index (χ3v) is 6.23. The molecule has 0 bridgehead atoms. The number of nitrogens with zero attached hydrogens (tertiary/aromatic N) is 3. The summed E-state index contributed by atoms with van der Waals surface area (Å²) in [4.78, 5) is 43.1. The molecule has 36 heavy (non-hydrogen) atoms. The molecule has 9 nitrogen and oxygen atoms in total. The van der Waals surface area contributed by atoms with Gasteiger partial charge in [-0.2, -0.15) is 13.2 Å². The van der Waals surface area contributed by atoms with Crippen LogP contribution in [0, 0.1) is 0 Å². The molecule has 12 heteroatoms. The quantitative estimate of drug-likeness (QED) is 0.573. The Morgan fingerprint density at radius 2 is 1.86 bits per heavy atom. The number of hydrogen-bond donors (Lipinski definition) is 2. The molecule has 0 radical (unpaired) electrons. The SMILES string of the molecule is CCNC(=O)N1CCCN(CC2=C(C(=O)OCC)[C@H](c3ccccc3C(F)(F)F)NC(=O)N2C)CC1. The van der Waals surface area contributed by atoms with Gasteiger partial charge in [0.2, 0.25) is 0 Å². The normalized spacial score (nSPS) is 19.6. The van der Waals surface area contributed by atoms with Crippen molar-refractivity contribution in [1.82, 2.24) is 25.3 Å². The van der Waals surface area contributed by atoms with E-state index < -0.39 is 29.8 Å². The molecule has 0 saturated carbocycles. The Kier molecular flexibility index (Phi) is 8.83. The first-order chi connectivity index (χ1) is 17.1. The largest absolute Gasteiger partial charge is 0.463 e. The maximum Gasteiger partial charge on any atom is 0.416 e. The number of likely N-dealkylation sites (N-methyl/N-ethyl adjacent to an activating group) is 1. The van der Waals surface area contributed by atoms with Crippen LogP contribution in [0.3, 0.4) is 0 Å². The van der Waals surface area contributed by atoms with E-state index in [2.05, 4.69) is 10.6 Å². The molecule has 0 aromatic heterocycles. The lowest BCUT2D eigenvalue weighted by atomic mass is 9.90. The molecular formula is C24H32F3N5O4. The average Bonchev–Trinajstić information content (AvgIpc) is 3.07. The van der Waals surface area contributed by atoms with Gasteiger partial charge in [-0.25, -0.2) is 14.4 Å². The molecule has 1 atom stereocenters. The number of benzene rings is 1. The second-order valence-electron chi connectivity index (χ2n) is 8.56. The molecular weight excluding hydrogens is 479 g/mol. The Balaban J connectivity index is 2.01.